The summed E-state index contributed by atoms with van der Waals surface area (Å²) in [6, 6.07) is 8.60. The van der Waals surface area contributed by atoms with E-state index in [-0.39, 0.29) is 5.82 Å². The third-order valence-electron chi connectivity index (χ3n) is 4.16. The minimum Gasteiger partial charge on any atom is -0.383 e. The van der Waals surface area contributed by atoms with E-state index in [0.29, 0.717) is 36.7 Å². The number of aromatic nitrogens is 6. The first-order valence-electron chi connectivity index (χ1n) is 8.18. The summed E-state index contributed by atoms with van der Waals surface area (Å²) in [4.78, 5) is 8.85. The second kappa shape index (κ2) is 7.01. The van der Waals surface area contributed by atoms with Crippen LogP contribution in [0.25, 0.3) is 22.4 Å². The lowest BCUT2D eigenvalue weighted by Gasteiger charge is -2.10. The molecule has 0 amide bonds. The highest BCUT2D eigenvalue weighted by atomic mass is 19.1. The van der Waals surface area contributed by atoms with Crippen molar-refractivity contribution in [2.45, 2.75) is 13.1 Å². The Morgan fingerprint density at radius 2 is 2.08 bits per heavy atom. The predicted octanol–water partition coefficient (Wildman–Crippen LogP) is 2.52. The molecule has 0 saturated carbocycles. The molecule has 4 rings (SSSR count). The summed E-state index contributed by atoms with van der Waals surface area (Å²) in [6.45, 7) is 1.73. The molecule has 0 atom stereocenters. The smallest absolute Gasteiger partial charge is 0.159 e. The molecule has 0 saturated heterocycles. The molecule has 8 heteroatoms. The molecule has 0 unspecified atom stereocenters. The van der Waals surface area contributed by atoms with Gasteiger partial charge < -0.3 is 13.9 Å². The summed E-state index contributed by atoms with van der Waals surface area (Å²) in [5, 5.41) is 8.90. The van der Waals surface area contributed by atoms with Gasteiger partial charge in [-0.25, -0.2) is 14.4 Å². The number of halogens is 1. The molecule has 0 spiro atoms. The maximum Gasteiger partial charge on any atom is 0.159 e. The molecule has 0 radical (unpaired) electrons. The second-order valence-corrected chi connectivity index (χ2v) is 5.82. The standard InChI is InChI=1S/C18H17FN6O/c1-26-10-9-25-12-21-23-16(25)11-24-8-7-20-18(24)15-6-5-13-3-2-4-14(19)17(13)22-15/h2-8,12H,9-11H2,1H3. The van der Waals surface area contributed by atoms with Gasteiger partial charge in [0.25, 0.3) is 0 Å². The van der Waals surface area contributed by atoms with Gasteiger partial charge in [-0.2, -0.15) is 0 Å². The number of hydrogen-bond acceptors (Lipinski definition) is 5. The molecular formula is C18H17FN6O. The molecule has 4 aromatic rings. The van der Waals surface area contributed by atoms with Gasteiger partial charge >= 0.3 is 0 Å². The molecule has 132 valence electrons. The number of fused-ring (bicyclic) bond motifs is 1. The molecule has 0 N–H and O–H groups in total. The van der Waals surface area contributed by atoms with Crippen molar-refractivity contribution in [3.05, 3.63) is 60.7 Å². The molecule has 26 heavy (non-hydrogen) atoms. The van der Waals surface area contributed by atoms with Gasteiger partial charge in [-0.3, -0.25) is 0 Å². The average molecular weight is 352 g/mol. The summed E-state index contributed by atoms with van der Waals surface area (Å²) < 4.78 is 23.0. The zero-order valence-corrected chi connectivity index (χ0v) is 14.2. The van der Waals surface area contributed by atoms with Crippen molar-refractivity contribution >= 4 is 10.9 Å². The van der Waals surface area contributed by atoms with E-state index in [9.17, 15) is 4.39 Å². The number of methoxy groups -OCH3 is 1. The lowest BCUT2D eigenvalue weighted by atomic mass is 10.2. The van der Waals surface area contributed by atoms with E-state index in [1.807, 2.05) is 33.5 Å². The Morgan fingerprint density at radius 3 is 2.96 bits per heavy atom. The Morgan fingerprint density at radius 1 is 1.15 bits per heavy atom. The number of pyridine rings is 1. The van der Waals surface area contributed by atoms with Crippen LogP contribution in [0.1, 0.15) is 5.82 Å². The van der Waals surface area contributed by atoms with E-state index in [2.05, 4.69) is 20.2 Å². The van der Waals surface area contributed by atoms with Gasteiger partial charge in [0.05, 0.1) is 13.2 Å². The second-order valence-electron chi connectivity index (χ2n) is 5.82. The van der Waals surface area contributed by atoms with E-state index in [1.165, 1.54) is 6.07 Å². The lowest BCUT2D eigenvalue weighted by molar-refractivity contribution is 0.186. The third-order valence-corrected chi connectivity index (χ3v) is 4.16. The summed E-state index contributed by atoms with van der Waals surface area (Å²) >= 11 is 0. The fraction of sp³-hybridized carbons (Fsp3) is 0.222. The Labute approximate surface area is 149 Å². The molecule has 0 bridgehead atoms. The van der Waals surface area contributed by atoms with E-state index in [1.54, 1.807) is 25.7 Å². The molecule has 1 aromatic carbocycles. The van der Waals surface area contributed by atoms with Gasteiger partial charge in [0.1, 0.15) is 23.4 Å². The van der Waals surface area contributed by atoms with Crippen molar-refractivity contribution in [2.75, 3.05) is 13.7 Å². The largest absolute Gasteiger partial charge is 0.383 e. The number of benzene rings is 1. The first-order valence-corrected chi connectivity index (χ1v) is 8.18. The monoisotopic (exact) mass is 352 g/mol. The van der Waals surface area contributed by atoms with Crippen molar-refractivity contribution in [3.63, 3.8) is 0 Å². The first-order chi connectivity index (χ1) is 12.8. The highest BCUT2D eigenvalue weighted by molar-refractivity contribution is 5.81. The molecule has 0 aliphatic carbocycles. The molecule has 0 aliphatic rings. The van der Waals surface area contributed by atoms with Crippen LogP contribution in [0.5, 0.6) is 0 Å². The van der Waals surface area contributed by atoms with Gasteiger partial charge in [-0.15, -0.1) is 10.2 Å². The highest BCUT2D eigenvalue weighted by Gasteiger charge is 2.13. The minimum atomic E-state index is -0.346. The van der Waals surface area contributed by atoms with Crippen molar-refractivity contribution in [3.8, 4) is 11.5 Å². The van der Waals surface area contributed by atoms with Gasteiger partial charge in [0.15, 0.2) is 11.6 Å². The van der Waals surface area contributed by atoms with E-state index >= 15 is 0 Å². The van der Waals surface area contributed by atoms with Gasteiger partial charge in [-0.05, 0) is 12.1 Å². The summed E-state index contributed by atoms with van der Waals surface area (Å²) in [5.41, 5.74) is 0.943. The van der Waals surface area contributed by atoms with Crippen molar-refractivity contribution in [1.82, 2.24) is 29.3 Å². The number of nitrogens with zero attached hydrogens (tertiary/aromatic N) is 6. The zero-order valence-electron chi connectivity index (χ0n) is 14.2. The number of hydrogen-bond donors (Lipinski definition) is 0. The predicted molar refractivity (Wildman–Crippen MR) is 93.9 cm³/mol. The quantitative estimate of drug-likeness (QED) is 0.533. The number of imidazole rings is 1. The van der Waals surface area contributed by atoms with E-state index in [4.69, 9.17) is 4.74 Å². The fourth-order valence-electron chi connectivity index (χ4n) is 2.84. The Balaban J connectivity index is 1.67. The normalized spacial score (nSPS) is 11.3. The van der Waals surface area contributed by atoms with Gasteiger partial charge in [0, 0.05) is 31.4 Å². The molecule has 7 nitrogen and oxygen atoms in total. The summed E-state index contributed by atoms with van der Waals surface area (Å²) in [7, 11) is 1.66. The van der Waals surface area contributed by atoms with Crippen molar-refractivity contribution in [1.29, 1.82) is 0 Å². The Hall–Kier alpha value is -3.13. The van der Waals surface area contributed by atoms with Crippen LogP contribution in [0.15, 0.2) is 49.1 Å². The van der Waals surface area contributed by atoms with Crippen LogP contribution >= 0.6 is 0 Å². The molecule has 0 aliphatic heterocycles. The van der Waals surface area contributed by atoms with Crippen LogP contribution in [-0.2, 0) is 17.8 Å². The van der Waals surface area contributed by atoms with Crippen molar-refractivity contribution < 1.29 is 9.13 Å². The number of ether oxygens (including phenoxy) is 1. The number of para-hydroxylation sites is 1. The first kappa shape index (κ1) is 16.3. The fourth-order valence-corrected chi connectivity index (χ4v) is 2.84. The van der Waals surface area contributed by atoms with Crippen LogP contribution in [-0.4, -0.2) is 43.0 Å². The summed E-state index contributed by atoms with van der Waals surface area (Å²) in [6.07, 6.45) is 5.21. The van der Waals surface area contributed by atoms with Crippen LogP contribution in [0.4, 0.5) is 4.39 Å². The van der Waals surface area contributed by atoms with Crippen LogP contribution in [0.3, 0.4) is 0 Å². The van der Waals surface area contributed by atoms with Crippen LogP contribution < -0.4 is 0 Å². The average Bonchev–Trinajstić information content (AvgIpc) is 3.30. The minimum absolute atomic E-state index is 0.336. The molecule has 0 fully saturated rings. The van der Waals surface area contributed by atoms with Crippen LogP contribution in [0, 0.1) is 5.82 Å². The molecule has 3 heterocycles. The Kier molecular flexibility index (Phi) is 4.40. The highest BCUT2D eigenvalue weighted by Crippen LogP contribution is 2.22. The van der Waals surface area contributed by atoms with E-state index in [0.717, 1.165) is 11.2 Å². The van der Waals surface area contributed by atoms with Crippen molar-refractivity contribution in [2.24, 2.45) is 0 Å². The maximum atomic E-state index is 14.1. The molecular weight excluding hydrogens is 335 g/mol. The SMILES string of the molecule is COCCn1cnnc1Cn1ccnc1-c1ccc2cccc(F)c2n1. The lowest BCUT2D eigenvalue weighted by Crippen LogP contribution is -2.11. The third kappa shape index (κ3) is 3.06. The topological polar surface area (TPSA) is 70.7 Å². The molecule has 3 aromatic heterocycles. The van der Waals surface area contributed by atoms with Crippen LogP contribution in [0.2, 0.25) is 0 Å². The number of rotatable bonds is 6. The summed E-state index contributed by atoms with van der Waals surface area (Å²) in [5.74, 6) is 1.09. The van der Waals surface area contributed by atoms with E-state index < -0.39 is 0 Å². The Bertz CT molecular complexity index is 1040. The van der Waals surface area contributed by atoms with Gasteiger partial charge in [0.2, 0.25) is 0 Å². The maximum absolute atomic E-state index is 14.1. The zero-order chi connectivity index (χ0) is 17.9. The van der Waals surface area contributed by atoms with Gasteiger partial charge in [-0.1, -0.05) is 18.2 Å².